The maximum absolute atomic E-state index is 11.9. The van der Waals surface area contributed by atoms with Gasteiger partial charge in [-0.05, 0) is 42.4 Å². The van der Waals surface area contributed by atoms with Crippen molar-refractivity contribution in [1.29, 1.82) is 0 Å². The molecule has 0 bridgehead atoms. The molecule has 1 rings (SSSR count). The maximum Gasteiger partial charge on any atom is 0.243 e. The second-order valence-corrected chi connectivity index (χ2v) is 7.27. The van der Waals surface area contributed by atoms with Crippen molar-refractivity contribution >= 4 is 17.5 Å². The van der Waals surface area contributed by atoms with E-state index in [9.17, 15) is 9.59 Å². The molecule has 22 heavy (non-hydrogen) atoms. The number of benzene rings is 1. The maximum atomic E-state index is 11.9. The van der Waals surface area contributed by atoms with E-state index in [-0.39, 0.29) is 23.8 Å². The van der Waals surface area contributed by atoms with Gasteiger partial charge in [-0.3, -0.25) is 9.59 Å². The van der Waals surface area contributed by atoms with Gasteiger partial charge in [0.05, 0.1) is 6.54 Å². The number of amides is 2. The minimum atomic E-state index is -0.206. The lowest BCUT2D eigenvalue weighted by atomic mass is 9.84. The number of rotatable bonds is 6. The number of carbonyl (C=O) groups is 2. The topological polar surface area (TPSA) is 58.2 Å². The second-order valence-electron chi connectivity index (χ2n) is 7.27. The molecule has 0 radical (unpaired) electrons. The largest absolute Gasteiger partial charge is 0.347 e. The van der Waals surface area contributed by atoms with Crippen LogP contribution in [0.25, 0.3) is 0 Å². The molecular weight excluding hydrogens is 276 g/mol. The van der Waals surface area contributed by atoms with Crippen LogP contribution in [-0.4, -0.2) is 18.4 Å². The Balaban J connectivity index is 2.33. The smallest absolute Gasteiger partial charge is 0.243 e. The number of anilines is 1. The van der Waals surface area contributed by atoms with Gasteiger partial charge in [-0.15, -0.1) is 0 Å². The Bertz CT molecular complexity index is 518. The van der Waals surface area contributed by atoms with Crippen LogP contribution >= 0.6 is 0 Å². The predicted molar refractivity (Wildman–Crippen MR) is 90.7 cm³/mol. The molecule has 0 aromatic heterocycles. The molecule has 0 aliphatic carbocycles. The van der Waals surface area contributed by atoms with Crippen LogP contribution in [0.15, 0.2) is 24.3 Å². The van der Waals surface area contributed by atoms with Crippen LogP contribution in [0.1, 0.15) is 46.1 Å². The third-order valence-electron chi connectivity index (χ3n) is 3.24. The third kappa shape index (κ3) is 7.81. The summed E-state index contributed by atoms with van der Waals surface area (Å²) in [7, 11) is 0. The van der Waals surface area contributed by atoms with Crippen molar-refractivity contribution in [3.8, 4) is 0 Å². The summed E-state index contributed by atoms with van der Waals surface area (Å²) in [5, 5.41) is 5.46. The Labute approximate surface area is 133 Å². The van der Waals surface area contributed by atoms with E-state index >= 15 is 0 Å². The van der Waals surface area contributed by atoms with Crippen molar-refractivity contribution in [2.45, 2.75) is 47.5 Å². The summed E-state index contributed by atoms with van der Waals surface area (Å²) in [6, 6.07) is 7.58. The zero-order valence-electron chi connectivity index (χ0n) is 14.3. The van der Waals surface area contributed by atoms with Crippen LogP contribution in [-0.2, 0) is 9.59 Å². The van der Waals surface area contributed by atoms with E-state index in [2.05, 4.69) is 38.3 Å². The molecule has 2 N–H and O–H groups in total. The molecular formula is C18H28N2O2. The summed E-state index contributed by atoms with van der Waals surface area (Å²) < 4.78 is 0. The predicted octanol–water partition coefficient (Wildman–Crippen LogP) is 3.51. The first-order valence-corrected chi connectivity index (χ1v) is 7.79. The molecule has 122 valence electrons. The van der Waals surface area contributed by atoms with E-state index in [1.165, 1.54) is 0 Å². The molecule has 1 unspecified atom stereocenters. The quantitative estimate of drug-likeness (QED) is 0.845. The number of aryl methyl sites for hydroxylation is 1. The summed E-state index contributed by atoms with van der Waals surface area (Å²) in [6.07, 6.45) is 1.44. The minimum Gasteiger partial charge on any atom is -0.347 e. The van der Waals surface area contributed by atoms with Crippen molar-refractivity contribution in [2.75, 3.05) is 11.9 Å². The van der Waals surface area contributed by atoms with Gasteiger partial charge in [-0.2, -0.15) is 0 Å². The zero-order chi connectivity index (χ0) is 16.8. The average molecular weight is 304 g/mol. The molecule has 4 nitrogen and oxygen atoms in total. The lowest BCUT2D eigenvalue weighted by Gasteiger charge is -2.22. The summed E-state index contributed by atoms with van der Waals surface area (Å²) >= 11 is 0. The highest BCUT2D eigenvalue weighted by Gasteiger charge is 2.18. The van der Waals surface area contributed by atoms with Gasteiger partial charge in [0.15, 0.2) is 0 Å². The minimum absolute atomic E-state index is 0.00894. The molecule has 2 amide bonds. The molecule has 0 aliphatic rings. The van der Waals surface area contributed by atoms with Crippen LogP contribution in [0.2, 0.25) is 0 Å². The van der Waals surface area contributed by atoms with Crippen LogP contribution in [0.5, 0.6) is 0 Å². The van der Waals surface area contributed by atoms with Gasteiger partial charge in [-0.25, -0.2) is 0 Å². The summed E-state index contributed by atoms with van der Waals surface area (Å²) in [4.78, 5) is 23.7. The van der Waals surface area contributed by atoms with E-state index in [0.717, 1.165) is 17.7 Å². The molecule has 0 fully saturated rings. The molecule has 0 saturated heterocycles. The summed E-state index contributed by atoms with van der Waals surface area (Å²) in [6.45, 7) is 10.5. The van der Waals surface area contributed by atoms with E-state index < -0.39 is 0 Å². The van der Waals surface area contributed by atoms with E-state index in [1.807, 2.05) is 31.2 Å². The highest BCUT2D eigenvalue weighted by Crippen LogP contribution is 2.25. The average Bonchev–Trinajstić information content (AvgIpc) is 2.34. The standard InChI is InChI=1S/C18H28N2O2/c1-13-7-6-8-15(9-13)20-17(22)12-19-16(21)10-14(2)11-18(3,4)5/h6-9,14H,10-12H2,1-5H3,(H,19,21)(H,20,22). The molecule has 0 aliphatic heterocycles. The Morgan fingerprint density at radius 3 is 2.45 bits per heavy atom. The molecule has 0 saturated carbocycles. The number of carbonyl (C=O) groups excluding carboxylic acids is 2. The van der Waals surface area contributed by atoms with Crippen LogP contribution in [0.4, 0.5) is 5.69 Å². The van der Waals surface area contributed by atoms with Gasteiger partial charge in [0.1, 0.15) is 0 Å². The van der Waals surface area contributed by atoms with Crippen molar-refractivity contribution in [3.05, 3.63) is 29.8 Å². The van der Waals surface area contributed by atoms with Crippen molar-refractivity contribution in [3.63, 3.8) is 0 Å². The summed E-state index contributed by atoms with van der Waals surface area (Å²) in [5.41, 5.74) is 2.04. The van der Waals surface area contributed by atoms with Crippen molar-refractivity contribution < 1.29 is 9.59 Å². The number of nitrogens with one attached hydrogen (secondary N) is 2. The second kappa shape index (κ2) is 7.97. The first-order chi connectivity index (χ1) is 10.2. The molecule has 4 heteroatoms. The van der Waals surface area contributed by atoms with E-state index in [0.29, 0.717) is 12.3 Å². The molecule has 0 heterocycles. The van der Waals surface area contributed by atoms with Gasteiger partial charge in [0.25, 0.3) is 0 Å². The number of hydrogen-bond donors (Lipinski definition) is 2. The Morgan fingerprint density at radius 2 is 1.86 bits per heavy atom. The van der Waals surface area contributed by atoms with Crippen molar-refractivity contribution in [1.82, 2.24) is 5.32 Å². The fraction of sp³-hybridized carbons (Fsp3) is 0.556. The van der Waals surface area contributed by atoms with Gasteiger partial charge >= 0.3 is 0 Å². The normalized spacial score (nSPS) is 12.6. The lowest BCUT2D eigenvalue weighted by Crippen LogP contribution is -2.33. The van der Waals surface area contributed by atoms with Crippen LogP contribution < -0.4 is 10.6 Å². The molecule has 1 aromatic carbocycles. The monoisotopic (exact) mass is 304 g/mol. The Kier molecular flexibility index (Phi) is 6.60. The van der Waals surface area contributed by atoms with Gasteiger partial charge in [-0.1, -0.05) is 39.8 Å². The zero-order valence-corrected chi connectivity index (χ0v) is 14.3. The Hall–Kier alpha value is -1.84. The van der Waals surface area contributed by atoms with Gasteiger partial charge in [0.2, 0.25) is 11.8 Å². The van der Waals surface area contributed by atoms with E-state index in [4.69, 9.17) is 0 Å². The van der Waals surface area contributed by atoms with Crippen molar-refractivity contribution in [2.24, 2.45) is 11.3 Å². The van der Waals surface area contributed by atoms with E-state index in [1.54, 1.807) is 0 Å². The third-order valence-corrected chi connectivity index (χ3v) is 3.24. The first-order valence-electron chi connectivity index (χ1n) is 7.79. The fourth-order valence-corrected chi connectivity index (χ4v) is 2.61. The van der Waals surface area contributed by atoms with Gasteiger partial charge in [0, 0.05) is 12.1 Å². The lowest BCUT2D eigenvalue weighted by molar-refractivity contribution is -0.124. The van der Waals surface area contributed by atoms with Gasteiger partial charge < -0.3 is 10.6 Å². The highest BCUT2D eigenvalue weighted by atomic mass is 16.2. The Morgan fingerprint density at radius 1 is 1.18 bits per heavy atom. The molecule has 1 atom stereocenters. The van der Waals surface area contributed by atoms with Crippen LogP contribution in [0.3, 0.4) is 0 Å². The first kappa shape index (κ1) is 18.2. The fourth-order valence-electron chi connectivity index (χ4n) is 2.61. The van der Waals surface area contributed by atoms with Crippen LogP contribution in [0, 0.1) is 18.3 Å². The molecule has 0 spiro atoms. The SMILES string of the molecule is Cc1cccc(NC(=O)CNC(=O)CC(C)CC(C)(C)C)c1. The molecule has 1 aromatic rings. The summed E-state index contributed by atoms with van der Waals surface area (Å²) in [5.74, 6) is 0.0263. The highest BCUT2D eigenvalue weighted by molar-refractivity contribution is 5.94. The number of hydrogen-bond acceptors (Lipinski definition) is 2.